The van der Waals surface area contributed by atoms with Crippen molar-refractivity contribution in [3.05, 3.63) is 47.9 Å². The van der Waals surface area contributed by atoms with Gasteiger partial charge in [0.05, 0.1) is 18.4 Å². The maximum atomic E-state index is 14.0. The SMILES string of the molecule is CN=Cc1c(N)ncnc1N1CCC(c2nc(-c3ccc(F)c(OC)c3)cn2CCN2CCC2)CC1. The van der Waals surface area contributed by atoms with E-state index in [4.69, 9.17) is 15.5 Å². The molecule has 0 spiro atoms. The summed E-state index contributed by atoms with van der Waals surface area (Å²) >= 11 is 0. The van der Waals surface area contributed by atoms with E-state index in [0.717, 1.165) is 80.6 Å². The predicted octanol–water partition coefficient (Wildman–Crippen LogP) is 3.21. The summed E-state index contributed by atoms with van der Waals surface area (Å²) < 4.78 is 21.5. The monoisotopic (exact) mass is 492 g/mol. The maximum absolute atomic E-state index is 14.0. The molecule has 0 bridgehead atoms. The molecule has 0 amide bonds. The highest BCUT2D eigenvalue weighted by molar-refractivity contribution is 5.91. The number of hydrogen-bond acceptors (Lipinski definition) is 8. The number of ether oxygens (including phenoxy) is 1. The lowest BCUT2D eigenvalue weighted by molar-refractivity contribution is 0.173. The fourth-order valence-corrected chi connectivity index (χ4v) is 5.00. The van der Waals surface area contributed by atoms with Crippen LogP contribution >= 0.6 is 0 Å². The normalized spacial score (nSPS) is 17.0. The smallest absolute Gasteiger partial charge is 0.165 e. The van der Waals surface area contributed by atoms with Crippen molar-refractivity contribution < 1.29 is 9.13 Å². The molecule has 0 atom stereocenters. The molecule has 190 valence electrons. The Morgan fingerprint density at radius 1 is 1.17 bits per heavy atom. The number of aromatic nitrogens is 4. The van der Waals surface area contributed by atoms with Gasteiger partial charge in [-0.25, -0.2) is 19.3 Å². The number of likely N-dealkylation sites (tertiary alicyclic amines) is 1. The van der Waals surface area contributed by atoms with E-state index < -0.39 is 0 Å². The Kier molecular flexibility index (Phi) is 7.13. The number of hydrogen-bond donors (Lipinski definition) is 1. The van der Waals surface area contributed by atoms with Crippen molar-refractivity contribution in [1.29, 1.82) is 0 Å². The quantitative estimate of drug-likeness (QED) is 0.482. The number of methoxy groups -OCH3 is 1. The Labute approximate surface area is 210 Å². The van der Waals surface area contributed by atoms with Crippen LogP contribution in [-0.2, 0) is 6.54 Å². The van der Waals surface area contributed by atoms with E-state index >= 15 is 0 Å². The van der Waals surface area contributed by atoms with Gasteiger partial charge in [0.1, 0.15) is 23.8 Å². The fourth-order valence-electron chi connectivity index (χ4n) is 5.00. The van der Waals surface area contributed by atoms with E-state index in [1.54, 1.807) is 25.4 Å². The molecular formula is C26H33FN8O. The molecule has 2 fully saturated rings. The number of anilines is 2. The van der Waals surface area contributed by atoms with Crippen molar-refractivity contribution in [3.8, 4) is 17.0 Å². The maximum Gasteiger partial charge on any atom is 0.165 e. The summed E-state index contributed by atoms with van der Waals surface area (Å²) in [6, 6.07) is 4.93. The second-order valence-corrected chi connectivity index (χ2v) is 9.37. The van der Waals surface area contributed by atoms with Crippen LogP contribution in [0.3, 0.4) is 0 Å². The third-order valence-electron chi connectivity index (χ3n) is 7.17. The summed E-state index contributed by atoms with van der Waals surface area (Å²) in [5.74, 6) is 2.53. The summed E-state index contributed by atoms with van der Waals surface area (Å²) in [6.07, 6.45) is 8.50. The first-order valence-electron chi connectivity index (χ1n) is 12.5. The molecule has 36 heavy (non-hydrogen) atoms. The average molecular weight is 493 g/mol. The zero-order chi connectivity index (χ0) is 25.1. The van der Waals surface area contributed by atoms with E-state index in [0.29, 0.717) is 11.7 Å². The van der Waals surface area contributed by atoms with Gasteiger partial charge in [0, 0.05) is 57.1 Å². The molecule has 0 saturated carbocycles. The molecule has 1 aromatic carbocycles. The van der Waals surface area contributed by atoms with Gasteiger partial charge in [0.25, 0.3) is 0 Å². The van der Waals surface area contributed by atoms with Crippen LogP contribution < -0.4 is 15.4 Å². The minimum absolute atomic E-state index is 0.230. The van der Waals surface area contributed by atoms with Crippen molar-refractivity contribution in [2.75, 3.05) is 57.5 Å². The zero-order valence-corrected chi connectivity index (χ0v) is 20.9. The predicted molar refractivity (Wildman–Crippen MR) is 139 cm³/mol. The Bertz CT molecular complexity index is 1230. The molecule has 2 N–H and O–H groups in total. The van der Waals surface area contributed by atoms with E-state index in [2.05, 4.69) is 35.5 Å². The molecule has 2 aromatic heterocycles. The number of benzene rings is 1. The molecule has 3 aromatic rings. The van der Waals surface area contributed by atoms with Gasteiger partial charge in [0.2, 0.25) is 0 Å². The van der Waals surface area contributed by atoms with Gasteiger partial charge < -0.3 is 24.8 Å². The number of nitrogens with zero attached hydrogens (tertiary/aromatic N) is 7. The zero-order valence-electron chi connectivity index (χ0n) is 20.9. The Balaban J connectivity index is 1.38. The molecule has 0 unspecified atom stereocenters. The molecule has 5 rings (SSSR count). The van der Waals surface area contributed by atoms with Crippen LogP contribution in [0.1, 0.15) is 36.6 Å². The van der Waals surface area contributed by atoms with Crippen molar-refractivity contribution in [3.63, 3.8) is 0 Å². The van der Waals surface area contributed by atoms with Gasteiger partial charge >= 0.3 is 0 Å². The second-order valence-electron chi connectivity index (χ2n) is 9.37. The molecule has 4 heterocycles. The van der Waals surface area contributed by atoms with Crippen LogP contribution in [0.15, 0.2) is 35.7 Å². The highest BCUT2D eigenvalue weighted by Gasteiger charge is 2.28. The number of aliphatic imine (C=N–C) groups is 1. The number of piperidine rings is 1. The second kappa shape index (κ2) is 10.6. The third kappa shape index (κ3) is 4.90. The Morgan fingerprint density at radius 3 is 2.67 bits per heavy atom. The lowest BCUT2D eigenvalue weighted by Crippen LogP contribution is -2.39. The topological polar surface area (TPSA) is 97.7 Å². The summed E-state index contributed by atoms with van der Waals surface area (Å²) in [4.78, 5) is 22.5. The van der Waals surface area contributed by atoms with E-state index in [1.807, 2.05) is 0 Å². The molecule has 2 aliphatic rings. The Hall–Kier alpha value is -3.53. The van der Waals surface area contributed by atoms with Crippen molar-refractivity contribution in [2.24, 2.45) is 4.99 Å². The molecule has 2 aliphatic heterocycles. The number of imidazole rings is 1. The highest BCUT2D eigenvalue weighted by Crippen LogP contribution is 2.33. The van der Waals surface area contributed by atoms with Gasteiger partial charge in [-0.15, -0.1) is 0 Å². The first-order chi connectivity index (χ1) is 17.6. The third-order valence-corrected chi connectivity index (χ3v) is 7.17. The van der Waals surface area contributed by atoms with Crippen LogP contribution in [0, 0.1) is 5.82 Å². The summed E-state index contributed by atoms with van der Waals surface area (Å²) in [5.41, 5.74) is 8.56. The molecule has 0 aliphatic carbocycles. The molecule has 10 heteroatoms. The Morgan fingerprint density at radius 2 is 1.97 bits per heavy atom. The van der Waals surface area contributed by atoms with Crippen LogP contribution in [0.4, 0.5) is 16.0 Å². The van der Waals surface area contributed by atoms with Crippen molar-refractivity contribution >= 4 is 17.9 Å². The van der Waals surface area contributed by atoms with Gasteiger partial charge in [0.15, 0.2) is 11.6 Å². The van der Waals surface area contributed by atoms with E-state index in [-0.39, 0.29) is 11.6 Å². The first kappa shape index (κ1) is 24.2. The minimum atomic E-state index is -0.371. The van der Waals surface area contributed by atoms with Gasteiger partial charge in [-0.1, -0.05) is 0 Å². The fraction of sp³-hybridized carbons (Fsp3) is 0.462. The lowest BCUT2D eigenvalue weighted by atomic mass is 9.95. The minimum Gasteiger partial charge on any atom is -0.494 e. The van der Waals surface area contributed by atoms with Crippen molar-refractivity contribution in [1.82, 2.24) is 24.4 Å². The summed E-state index contributed by atoms with van der Waals surface area (Å²) in [7, 11) is 3.20. The van der Waals surface area contributed by atoms with Crippen LogP contribution in [0.5, 0.6) is 5.75 Å². The van der Waals surface area contributed by atoms with Gasteiger partial charge in [-0.3, -0.25) is 4.99 Å². The summed E-state index contributed by atoms with van der Waals surface area (Å²) in [5, 5.41) is 0. The standard InChI is InChI=1S/C26H33FN8O/c1-29-15-20-24(28)30-17-31-26(20)34-10-6-18(7-11-34)25-32-22(16-35(25)13-12-33-8-3-9-33)19-4-5-21(27)23(14-19)36-2/h4-5,14-18H,3,6-13H2,1-2H3,(H2,28,30,31). The average Bonchev–Trinajstić information content (AvgIpc) is 3.29. The number of nitrogen functional groups attached to an aromatic ring is 1. The molecule has 2 saturated heterocycles. The largest absolute Gasteiger partial charge is 0.494 e. The van der Waals surface area contributed by atoms with Crippen molar-refractivity contribution in [2.45, 2.75) is 31.7 Å². The number of nitrogens with two attached hydrogens (primary N) is 1. The van der Waals surface area contributed by atoms with E-state index in [9.17, 15) is 4.39 Å². The number of halogens is 1. The van der Waals surface area contributed by atoms with Gasteiger partial charge in [-0.2, -0.15) is 0 Å². The lowest BCUT2D eigenvalue weighted by Gasteiger charge is -2.34. The summed E-state index contributed by atoms with van der Waals surface area (Å²) in [6.45, 7) is 5.90. The number of rotatable bonds is 8. The molecule has 0 radical (unpaired) electrons. The molecule has 9 nitrogen and oxygen atoms in total. The van der Waals surface area contributed by atoms with Crippen LogP contribution in [0.2, 0.25) is 0 Å². The molecular weight excluding hydrogens is 459 g/mol. The first-order valence-corrected chi connectivity index (χ1v) is 12.5. The highest BCUT2D eigenvalue weighted by atomic mass is 19.1. The van der Waals surface area contributed by atoms with Crippen LogP contribution in [0.25, 0.3) is 11.3 Å². The van der Waals surface area contributed by atoms with E-state index in [1.165, 1.54) is 25.9 Å². The van der Waals surface area contributed by atoms with Gasteiger partial charge in [-0.05, 0) is 50.6 Å². The van der Waals surface area contributed by atoms with Crippen LogP contribution in [-0.4, -0.2) is 77.5 Å².